The fourth-order valence-electron chi connectivity index (χ4n) is 0.672. The average molecular weight is 234 g/mol. The maximum Gasteiger partial charge on any atom is 0.386 e. The second-order valence-electron chi connectivity index (χ2n) is 1.95. The number of hydrogen-bond donors (Lipinski definition) is 0. The van der Waals surface area contributed by atoms with E-state index in [1.165, 1.54) is 12.1 Å². The van der Waals surface area contributed by atoms with Crippen LogP contribution >= 0.6 is 27.5 Å². The standard InChI is InChI=1S/C7H3BrClO2/c8-5-1-4(7(10)11)2-6(9)3-5/h1-3H. The third-order valence-electron chi connectivity index (χ3n) is 1.10. The van der Waals surface area contributed by atoms with Crippen molar-refractivity contribution in [2.45, 2.75) is 0 Å². The molecule has 0 N–H and O–H groups in total. The Labute approximate surface area is 76.9 Å². The van der Waals surface area contributed by atoms with Crippen molar-refractivity contribution >= 4 is 33.5 Å². The third kappa shape index (κ3) is 2.20. The van der Waals surface area contributed by atoms with Crippen LogP contribution in [0.1, 0.15) is 10.4 Å². The third-order valence-corrected chi connectivity index (χ3v) is 1.77. The van der Waals surface area contributed by atoms with Crippen LogP contribution in [0, 0.1) is 0 Å². The normalized spacial score (nSPS) is 9.64. The van der Waals surface area contributed by atoms with Gasteiger partial charge in [-0.2, -0.15) is 0 Å². The zero-order chi connectivity index (χ0) is 8.43. The molecule has 0 saturated heterocycles. The lowest BCUT2D eigenvalue weighted by Crippen LogP contribution is -1.93. The lowest BCUT2D eigenvalue weighted by Gasteiger charge is -1.94. The molecule has 0 heterocycles. The molecule has 57 valence electrons. The molecule has 11 heavy (non-hydrogen) atoms. The number of benzene rings is 1. The summed E-state index contributed by atoms with van der Waals surface area (Å²) in [6.45, 7) is 0. The fourth-order valence-corrected chi connectivity index (χ4v) is 1.53. The summed E-state index contributed by atoms with van der Waals surface area (Å²) in [5.41, 5.74) is 0.0735. The first kappa shape index (κ1) is 8.56. The van der Waals surface area contributed by atoms with Gasteiger partial charge in [0.1, 0.15) is 0 Å². The molecule has 0 amide bonds. The molecular weight excluding hydrogens is 231 g/mol. The topological polar surface area (TPSA) is 37.0 Å². The van der Waals surface area contributed by atoms with Crippen molar-refractivity contribution in [3.8, 4) is 0 Å². The Morgan fingerprint density at radius 1 is 1.36 bits per heavy atom. The molecule has 2 nitrogen and oxygen atoms in total. The van der Waals surface area contributed by atoms with E-state index in [2.05, 4.69) is 15.9 Å². The van der Waals surface area contributed by atoms with Gasteiger partial charge in [-0.3, -0.25) is 0 Å². The number of halogens is 2. The van der Waals surface area contributed by atoms with Gasteiger partial charge < -0.3 is 0 Å². The molecular formula is C7H3BrClO2. The van der Waals surface area contributed by atoms with Gasteiger partial charge in [0.25, 0.3) is 0 Å². The highest BCUT2D eigenvalue weighted by Gasteiger charge is 2.06. The average Bonchev–Trinajstić information content (AvgIpc) is 1.85. The zero-order valence-corrected chi connectivity index (χ0v) is 7.65. The van der Waals surface area contributed by atoms with E-state index in [4.69, 9.17) is 11.6 Å². The van der Waals surface area contributed by atoms with Crippen molar-refractivity contribution in [1.82, 2.24) is 0 Å². The molecule has 0 atom stereocenters. The van der Waals surface area contributed by atoms with E-state index >= 15 is 0 Å². The van der Waals surface area contributed by atoms with Crippen LogP contribution in [0.4, 0.5) is 0 Å². The van der Waals surface area contributed by atoms with Gasteiger partial charge in [0.05, 0.1) is 5.56 Å². The Hall–Kier alpha value is -0.540. The molecule has 1 aromatic rings. The maximum atomic E-state index is 10.3. The van der Waals surface area contributed by atoms with Crippen molar-refractivity contribution in [1.29, 1.82) is 0 Å². The summed E-state index contributed by atoms with van der Waals surface area (Å²) in [4.78, 5) is 10.3. The Morgan fingerprint density at radius 3 is 2.45 bits per heavy atom. The SMILES string of the molecule is [O]C(=O)c1cc(Cl)cc(Br)c1. The Kier molecular flexibility index (Phi) is 2.52. The molecule has 0 spiro atoms. The van der Waals surface area contributed by atoms with Crippen LogP contribution in [0.3, 0.4) is 0 Å². The van der Waals surface area contributed by atoms with E-state index in [1.807, 2.05) is 0 Å². The first-order chi connectivity index (χ1) is 5.09. The lowest BCUT2D eigenvalue weighted by molar-refractivity contribution is 0.0573. The molecule has 0 aliphatic carbocycles. The summed E-state index contributed by atoms with van der Waals surface area (Å²) in [7, 11) is 0. The second-order valence-corrected chi connectivity index (χ2v) is 3.30. The van der Waals surface area contributed by atoms with Crippen LogP contribution < -0.4 is 0 Å². The minimum Gasteiger partial charge on any atom is -0.242 e. The molecule has 0 fully saturated rings. The van der Waals surface area contributed by atoms with Crippen molar-refractivity contribution in [2.75, 3.05) is 0 Å². The molecule has 1 aromatic carbocycles. The first-order valence-electron chi connectivity index (χ1n) is 2.77. The minimum atomic E-state index is -1.23. The van der Waals surface area contributed by atoms with Gasteiger partial charge in [-0.15, -0.1) is 0 Å². The van der Waals surface area contributed by atoms with E-state index in [9.17, 15) is 9.90 Å². The van der Waals surface area contributed by atoms with E-state index in [0.717, 1.165) is 0 Å². The van der Waals surface area contributed by atoms with E-state index in [-0.39, 0.29) is 5.56 Å². The van der Waals surface area contributed by atoms with Gasteiger partial charge in [-0.25, -0.2) is 9.90 Å². The van der Waals surface area contributed by atoms with Crippen molar-refractivity contribution in [3.63, 3.8) is 0 Å². The monoisotopic (exact) mass is 233 g/mol. The quantitative estimate of drug-likeness (QED) is 0.736. The van der Waals surface area contributed by atoms with Gasteiger partial charge in [-0.1, -0.05) is 27.5 Å². The summed E-state index contributed by atoms with van der Waals surface area (Å²) < 4.78 is 0.629. The Bertz CT molecular complexity index is 278. The number of hydrogen-bond acceptors (Lipinski definition) is 1. The second kappa shape index (κ2) is 3.24. The van der Waals surface area contributed by atoms with Crippen LogP contribution in [-0.2, 0) is 5.11 Å². The van der Waals surface area contributed by atoms with Gasteiger partial charge in [0.15, 0.2) is 0 Å². The fraction of sp³-hybridized carbons (Fsp3) is 0. The summed E-state index contributed by atoms with van der Waals surface area (Å²) in [5.74, 6) is -1.23. The van der Waals surface area contributed by atoms with Gasteiger partial charge in [0, 0.05) is 9.50 Å². The summed E-state index contributed by atoms with van der Waals surface area (Å²) in [5, 5.41) is 10.7. The molecule has 0 unspecified atom stereocenters. The highest BCUT2D eigenvalue weighted by molar-refractivity contribution is 9.10. The van der Waals surface area contributed by atoms with Crippen LogP contribution in [0.2, 0.25) is 5.02 Å². The van der Waals surface area contributed by atoms with Gasteiger partial charge >= 0.3 is 5.97 Å². The van der Waals surface area contributed by atoms with Crippen molar-refractivity contribution in [3.05, 3.63) is 33.3 Å². The van der Waals surface area contributed by atoms with Gasteiger partial charge in [0.2, 0.25) is 0 Å². The highest BCUT2D eigenvalue weighted by Crippen LogP contribution is 2.19. The molecule has 4 heteroatoms. The van der Waals surface area contributed by atoms with Crippen molar-refractivity contribution in [2.24, 2.45) is 0 Å². The molecule has 0 saturated carbocycles. The van der Waals surface area contributed by atoms with E-state index in [1.54, 1.807) is 6.07 Å². The lowest BCUT2D eigenvalue weighted by atomic mass is 10.2. The summed E-state index contributed by atoms with van der Waals surface area (Å²) in [6.07, 6.45) is 0. The molecule has 0 aliphatic heterocycles. The molecule has 0 aromatic heterocycles. The van der Waals surface area contributed by atoms with E-state index < -0.39 is 5.97 Å². The maximum absolute atomic E-state index is 10.3. The number of rotatable bonds is 1. The van der Waals surface area contributed by atoms with Crippen LogP contribution in [0.5, 0.6) is 0 Å². The summed E-state index contributed by atoms with van der Waals surface area (Å²) in [6, 6.07) is 4.37. The largest absolute Gasteiger partial charge is 0.386 e. The first-order valence-corrected chi connectivity index (χ1v) is 3.94. The highest BCUT2D eigenvalue weighted by atomic mass is 79.9. The van der Waals surface area contributed by atoms with Gasteiger partial charge in [-0.05, 0) is 18.2 Å². The van der Waals surface area contributed by atoms with Crippen LogP contribution in [-0.4, -0.2) is 5.97 Å². The summed E-state index contributed by atoms with van der Waals surface area (Å²) >= 11 is 8.68. The molecule has 0 bridgehead atoms. The van der Waals surface area contributed by atoms with Crippen molar-refractivity contribution < 1.29 is 9.90 Å². The van der Waals surface area contributed by atoms with E-state index in [0.29, 0.717) is 9.50 Å². The Balaban J connectivity index is 3.19. The minimum absolute atomic E-state index is 0.0735. The Morgan fingerprint density at radius 2 is 2.00 bits per heavy atom. The molecule has 1 rings (SSSR count). The van der Waals surface area contributed by atoms with Crippen LogP contribution in [0.15, 0.2) is 22.7 Å². The number of carbonyl (C=O) groups excluding carboxylic acids is 1. The predicted molar refractivity (Wildman–Crippen MR) is 44.2 cm³/mol. The molecule has 1 radical (unpaired) electrons. The zero-order valence-electron chi connectivity index (χ0n) is 5.30. The predicted octanol–water partition coefficient (Wildman–Crippen LogP) is 2.67. The smallest absolute Gasteiger partial charge is 0.242 e. The number of carbonyl (C=O) groups is 1. The van der Waals surface area contributed by atoms with Crippen LogP contribution in [0.25, 0.3) is 0 Å². The molecule has 0 aliphatic rings.